The largest absolute Gasteiger partial charge is 0.507 e. The second-order valence-electron chi connectivity index (χ2n) is 10.8. The van der Waals surface area contributed by atoms with E-state index in [-0.39, 0.29) is 24.2 Å². The maximum Gasteiger partial charge on any atom is 0.235 e. The Balaban J connectivity index is 1.68. The average Bonchev–Trinajstić information content (AvgIpc) is 2.90. The molecule has 0 spiro atoms. The Morgan fingerprint density at radius 3 is 2.33 bits per heavy atom. The fraction of sp³-hybridized carbons (Fsp3) is 0.414. The predicted octanol–water partition coefficient (Wildman–Crippen LogP) is 0.551. The molecule has 0 radical (unpaired) electrons. The van der Waals surface area contributed by atoms with E-state index in [0.29, 0.717) is 28.2 Å². The molecular formula is C29H30N2O9. The van der Waals surface area contributed by atoms with Crippen molar-refractivity contribution in [3.8, 4) is 28.4 Å². The Hall–Kier alpha value is -4.09. The third-order valence-electron chi connectivity index (χ3n) is 8.64. The van der Waals surface area contributed by atoms with Crippen LogP contribution in [0.25, 0.3) is 11.1 Å². The van der Waals surface area contributed by atoms with Crippen molar-refractivity contribution in [2.75, 3.05) is 28.3 Å². The summed E-state index contributed by atoms with van der Waals surface area (Å²) < 4.78 is 10.9. The number of Topliss-reactive ketones (excluding diaryl/α,β-unsaturated/α-hetero) is 4. The van der Waals surface area contributed by atoms with Crippen molar-refractivity contribution in [1.29, 1.82) is 0 Å². The van der Waals surface area contributed by atoms with Crippen LogP contribution in [0.3, 0.4) is 0 Å². The molecule has 6 atom stereocenters. The van der Waals surface area contributed by atoms with Crippen LogP contribution in [0.5, 0.6) is 17.2 Å². The molecule has 0 bridgehead atoms. The van der Waals surface area contributed by atoms with Gasteiger partial charge < -0.3 is 25.4 Å². The number of methoxy groups -OCH3 is 2. The van der Waals surface area contributed by atoms with Crippen molar-refractivity contribution in [2.45, 2.75) is 24.5 Å². The van der Waals surface area contributed by atoms with E-state index in [9.17, 15) is 34.2 Å². The molecule has 2 fully saturated rings. The van der Waals surface area contributed by atoms with Crippen LogP contribution in [0.15, 0.2) is 30.3 Å². The van der Waals surface area contributed by atoms with Crippen LogP contribution in [0, 0.1) is 23.7 Å². The molecule has 0 heterocycles. The predicted molar refractivity (Wildman–Crippen MR) is 140 cm³/mol. The molecular weight excluding hydrogens is 520 g/mol. The maximum absolute atomic E-state index is 13.9. The second kappa shape index (κ2) is 9.53. The van der Waals surface area contributed by atoms with Crippen LogP contribution in [-0.2, 0) is 25.6 Å². The van der Waals surface area contributed by atoms with E-state index in [1.165, 1.54) is 25.2 Å². The molecule has 1 amide bonds. The number of phenols is 1. The summed E-state index contributed by atoms with van der Waals surface area (Å²) in [4.78, 5) is 68.1. The van der Waals surface area contributed by atoms with E-state index >= 15 is 0 Å². The van der Waals surface area contributed by atoms with Gasteiger partial charge in [0.15, 0.2) is 34.7 Å². The third kappa shape index (κ3) is 3.68. The number of rotatable bonds is 5. The molecule has 2 saturated carbocycles. The topological polar surface area (TPSA) is 174 Å². The summed E-state index contributed by atoms with van der Waals surface area (Å²) in [5.74, 6) is -9.86. The van der Waals surface area contributed by atoms with Crippen molar-refractivity contribution in [3.63, 3.8) is 0 Å². The lowest BCUT2D eigenvalue weighted by Crippen LogP contribution is -2.74. The van der Waals surface area contributed by atoms with Crippen molar-refractivity contribution >= 4 is 29.0 Å². The number of hydrogen-bond acceptors (Lipinski definition) is 10. The number of primary amides is 1. The van der Waals surface area contributed by atoms with Crippen molar-refractivity contribution < 1.29 is 43.7 Å². The van der Waals surface area contributed by atoms with E-state index < -0.39 is 64.4 Å². The number of likely N-dealkylation sites (N-methyl/N-ethyl adjacent to an activating group) is 1. The minimum atomic E-state index is -2.76. The highest BCUT2D eigenvalue weighted by atomic mass is 16.5. The zero-order chi connectivity index (χ0) is 29.3. The number of benzene rings is 2. The summed E-state index contributed by atoms with van der Waals surface area (Å²) in [6.45, 7) is 0. The Morgan fingerprint density at radius 2 is 1.73 bits per heavy atom. The Labute approximate surface area is 229 Å². The highest BCUT2D eigenvalue weighted by Crippen LogP contribution is 2.52. The van der Waals surface area contributed by atoms with E-state index in [1.807, 2.05) is 0 Å². The molecule has 210 valence electrons. The lowest BCUT2D eigenvalue weighted by atomic mass is 9.52. The van der Waals surface area contributed by atoms with Crippen molar-refractivity contribution in [2.24, 2.45) is 29.4 Å². The lowest BCUT2D eigenvalue weighted by molar-refractivity contribution is -0.181. The van der Waals surface area contributed by atoms with Gasteiger partial charge in [-0.3, -0.25) is 28.9 Å². The zero-order valence-electron chi connectivity index (χ0n) is 22.5. The van der Waals surface area contributed by atoms with Gasteiger partial charge in [0.1, 0.15) is 17.2 Å². The number of aromatic hydroxyl groups is 1. The van der Waals surface area contributed by atoms with Gasteiger partial charge in [0.25, 0.3) is 0 Å². The van der Waals surface area contributed by atoms with Gasteiger partial charge >= 0.3 is 0 Å². The number of nitrogens with two attached hydrogens (primary N) is 1. The fourth-order valence-corrected chi connectivity index (χ4v) is 6.88. The first kappa shape index (κ1) is 27.5. The summed E-state index contributed by atoms with van der Waals surface area (Å²) in [6.07, 6.45) is 0.101. The third-order valence-corrected chi connectivity index (χ3v) is 8.64. The molecule has 0 saturated heterocycles. The number of nitrogens with zero attached hydrogens (tertiary/aromatic N) is 1. The number of fused-ring (bicyclic) bond motifs is 3. The maximum atomic E-state index is 13.9. The quantitative estimate of drug-likeness (QED) is 0.446. The number of ether oxygens (including phenoxy) is 2. The number of aliphatic hydroxyl groups is 1. The summed E-state index contributed by atoms with van der Waals surface area (Å²) in [6, 6.07) is 6.98. The molecule has 2 unspecified atom stereocenters. The van der Waals surface area contributed by atoms with Gasteiger partial charge in [0.05, 0.1) is 31.7 Å². The molecule has 5 rings (SSSR count). The molecule has 40 heavy (non-hydrogen) atoms. The molecule has 3 aliphatic carbocycles. The number of carbonyl (C=O) groups is 5. The van der Waals surface area contributed by atoms with E-state index in [2.05, 4.69) is 0 Å². The van der Waals surface area contributed by atoms with E-state index in [4.69, 9.17) is 15.2 Å². The number of hydrogen-bond donors (Lipinski definition) is 3. The molecule has 0 aliphatic heterocycles. The van der Waals surface area contributed by atoms with Crippen molar-refractivity contribution in [3.05, 3.63) is 41.5 Å². The van der Waals surface area contributed by atoms with Gasteiger partial charge in [-0.25, -0.2) is 0 Å². The monoisotopic (exact) mass is 550 g/mol. The molecule has 0 aromatic heterocycles. The SMILES string of the molecule is COc1ccc(OC)c(-c2ccc(O)c3c2C[C@@H]2C[C@@H]4[C@@H](N(C)C)C(=O)C(C(N)=O)C(=O)[C@]4(O)C(=O)C2C3=O)c1. The number of ketones is 4. The first-order valence-corrected chi connectivity index (χ1v) is 12.8. The van der Waals surface area contributed by atoms with E-state index in [1.54, 1.807) is 38.4 Å². The first-order valence-electron chi connectivity index (χ1n) is 12.8. The second-order valence-corrected chi connectivity index (χ2v) is 10.8. The zero-order valence-corrected chi connectivity index (χ0v) is 22.5. The minimum Gasteiger partial charge on any atom is -0.507 e. The molecule has 2 aromatic carbocycles. The molecule has 3 aliphatic rings. The number of phenolic OH excluding ortho intramolecular Hbond substituents is 1. The highest BCUT2D eigenvalue weighted by Gasteiger charge is 2.69. The van der Waals surface area contributed by atoms with Gasteiger partial charge in [-0.15, -0.1) is 0 Å². The first-order chi connectivity index (χ1) is 18.9. The van der Waals surface area contributed by atoms with Gasteiger partial charge in [-0.2, -0.15) is 0 Å². The summed E-state index contributed by atoms with van der Waals surface area (Å²) >= 11 is 0. The Morgan fingerprint density at radius 1 is 1.02 bits per heavy atom. The summed E-state index contributed by atoms with van der Waals surface area (Å²) in [7, 11) is 6.09. The lowest BCUT2D eigenvalue weighted by Gasteiger charge is -2.52. The highest BCUT2D eigenvalue weighted by molar-refractivity contribution is 6.32. The van der Waals surface area contributed by atoms with Gasteiger partial charge in [0, 0.05) is 11.5 Å². The summed E-state index contributed by atoms with van der Waals surface area (Å²) in [5, 5.41) is 22.5. The smallest absolute Gasteiger partial charge is 0.235 e. The minimum absolute atomic E-state index is 0.0335. The van der Waals surface area contributed by atoms with Crippen LogP contribution >= 0.6 is 0 Å². The van der Waals surface area contributed by atoms with Crippen LogP contribution in [0.2, 0.25) is 0 Å². The van der Waals surface area contributed by atoms with Crippen LogP contribution in [0.1, 0.15) is 22.3 Å². The normalized spacial score (nSPS) is 29.5. The Bertz CT molecular complexity index is 1480. The molecule has 2 aromatic rings. The van der Waals surface area contributed by atoms with Crippen LogP contribution in [0.4, 0.5) is 0 Å². The van der Waals surface area contributed by atoms with E-state index in [0.717, 1.165) is 0 Å². The fourth-order valence-electron chi connectivity index (χ4n) is 6.88. The summed E-state index contributed by atoms with van der Waals surface area (Å²) in [5.41, 5.74) is 4.15. The van der Waals surface area contributed by atoms with Crippen molar-refractivity contribution in [1.82, 2.24) is 4.90 Å². The molecule has 4 N–H and O–H groups in total. The Kier molecular flexibility index (Phi) is 6.54. The standard InChI is InChI=1S/C29H30N2O9/c1-31(2)23-17-10-12-9-16-14(15-11-13(39-3)5-8-19(15)40-4)6-7-18(32)21(16)24(33)20(12)26(35)29(17,38)27(36)22(25(23)34)28(30)37/h5-8,11-12,17,20,22-23,32,38H,9-10H2,1-4H3,(H2,30,37)/t12-,17-,20?,22?,23-,29-/m1/s1. The van der Waals surface area contributed by atoms with Gasteiger partial charge in [-0.05, 0) is 68.2 Å². The molecule has 11 heteroatoms. The number of carbonyl (C=O) groups excluding carboxylic acids is 5. The van der Waals surface area contributed by atoms with Gasteiger partial charge in [-0.1, -0.05) is 6.07 Å². The van der Waals surface area contributed by atoms with Crippen LogP contribution < -0.4 is 15.2 Å². The number of amides is 1. The van der Waals surface area contributed by atoms with Crippen LogP contribution in [-0.4, -0.2) is 84.1 Å². The molecule has 11 nitrogen and oxygen atoms in total. The average molecular weight is 551 g/mol. The van der Waals surface area contributed by atoms with Gasteiger partial charge in [0.2, 0.25) is 5.91 Å².